The lowest BCUT2D eigenvalue weighted by Gasteiger charge is -2.36. The molecule has 38 heavy (non-hydrogen) atoms. The van der Waals surface area contributed by atoms with Gasteiger partial charge in [-0.1, -0.05) is 31.4 Å². The van der Waals surface area contributed by atoms with Crippen LogP contribution >= 0.6 is 0 Å². The van der Waals surface area contributed by atoms with E-state index in [1.54, 1.807) is 4.90 Å². The molecule has 5 fully saturated rings. The molecule has 0 aromatic heterocycles. The molecule has 206 valence electrons. The Morgan fingerprint density at radius 1 is 1.05 bits per heavy atom. The quantitative estimate of drug-likeness (QED) is 0.570. The average Bonchev–Trinajstić information content (AvgIpc) is 3.63. The van der Waals surface area contributed by atoms with Gasteiger partial charge in [0, 0.05) is 18.2 Å². The number of Topliss-reactive ketones (excluding diaryl/α,β-unsaturated/α-hetero) is 1. The Morgan fingerprint density at radius 2 is 1.79 bits per heavy atom. The van der Waals surface area contributed by atoms with Crippen molar-refractivity contribution < 1.29 is 19.1 Å². The van der Waals surface area contributed by atoms with Crippen LogP contribution < -0.4 is 11.1 Å². The Bertz CT molecular complexity index is 1070. The lowest BCUT2D eigenvalue weighted by molar-refractivity contribution is -0.139. The number of ketones is 1. The third kappa shape index (κ3) is 4.80. The van der Waals surface area contributed by atoms with Crippen LogP contribution in [0.4, 0.5) is 0 Å². The Labute approximate surface area is 225 Å². The summed E-state index contributed by atoms with van der Waals surface area (Å²) in [5.41, 5.74) is 8.35. The third-order valence-electron chi connectivity index (χ3n) is 9.97. The van der Waals surface area contributed by atoms with Crippen LogP contribution in [0.3, 0.4) is 0 Å². The monoisotopic (exact) mass is 522 g/mol. The lowest BCUT2D eigenvalue weighted by atomic mass is 9.73. The number of rotatable bonds is 7. The molecule has 1 aromatic carbocycles. The molecule has 2 aliphatic carbocycles. The average molecular weight is 523 g/mol. The molecule has 0 unspecified atom stereocenters. The van der Waals surface area contributed by atoms with Crippen LogP contribution in [0.25, 0.3) is 0 Å². The molecule has 2 amide bonds. The Kier molecular flexibility index (Phi) is 7.31. The minimum atomic E-state index is -0.557. The Balaban J connectivity index is 1.35. The van der Waals surface area contributed by atoms with E-state index in [-0.39, 0.29) is 36.4 Å². The van der Waals surface area contributed by atoms with Crippen molar-refractivity contribution >= 4 is 17.6 Å². The number of nitrogens with two attached hydrogens (primary N) is 1. The fourth-order valence-corrected chi connectivity index (χ4v) is 7.73. The zero-order chi connectivity index (χ0) is 26.4. The molecule has 0 spiro atoms. The van der Waals surface area contributed by atoms with E-state index in [1.165, 1.54) is 24.8 Å². The van der Waals surface area contributed by atoms with Crippen LogP contribution in [0.1, 0.15) is 91.1 Å². The minimum absolute atomic E-state index is 0.0326. The van der Waals surface area contributed by atoms with E-state index < -0.39 is 17.9 Å². The molecule has 3 N–H and O–H groups in total. The second kappa shape index (κ2) is 10.7. The summed E-state index contributed by atoms with van der Waals surface area (Å²) in [6, 6.07) is 6.19. The zero-order valence-electron chi connectivity index (χ0n) is 22.6. The summed E-state index contributed by atoms with van der Waals surface area (Å²) in [7, 11) is 1.85. The maximum Gasteiger partial charge on any atom is 0.249 e. The number of nitrogens with zero attached hydrogens (tertiary/aromatic N) is 2. The van der Waals surface area contributed by atoms with E-state index in [0.29, 0.717) is 18.0 Å². The van der Waals surface area contributed by atoms with Gasteiger partial charge in [0.2, 0.25) is 11.8 Å². The van der Waals surface area contributed by atoms with Crippen molar-refractivity contribution in [1.82, 2.24) is 15.1 Å². The van der Waals surface area contributed by atoms with Gasteiger partial charge in [0.25, 0.3) is 0 Å². The molecule has 6 rings (SSSR count). The number of likely N-dealkylation sites (tertiary alicyclic amines) is 2. The minimum Gasteiger partial charge on any atom is -0.366 e. The van der Waals surface area contributed by atoms with Crippen LogP contribution in [-0.4, -0.2) is 84.9 Å². The number of carbonyl (C=O) groups is 3. The van der Waals surface area contributed by atoms with Gasteiger partial charge in [-0.05, 0) is 87.7 Å². The lowest BCUT2D eigenvalue weighted by Crippen LogP contribution is -2.46. The standard InChI is InChI=1S/C30H42N4O4/c1-32-24-16-34(27-25(35)17-38-28(24)27)30(37)26(19-5-3-2-4-6-19)23-15-20(7-10-22(23)29(31)36)18-11-13-33(14-12-18)21-8-9-21/h7,10,15,18-19,21,24,26-28,32H,2-6,8-9,11-14,16-17H2,1H3,(H2,31,36)/t24-,26-,27+,28+/m0/s1. The Hall–Kier alpha value is -2.29. The molecule has 3 aliphatic heterocycles. The molecule has 5 aliphatic rings. The number of nitrogens with one attached hydrogen (secondary N) is 1. The second-order valence-electron chi connectivity index (χ2n) is 12.2. The summed E-state index contributed by atoms with van der Waals surface area (Å²) in [5, 5.41) is 3.25. The summed E-state index contributed by atoms with van der Waals surface area (Å²) in [5.74, 6) is -0.500. The molecule has 0 radical (unpaired) electrons. The van der Waals surface area contributed by atoms with Crippen molar-refractivity contribution in [2.75, 3.05) is 33.3 Å². The van der Waals surface area contributed by atoms with E-state index in [2.05, 4.69) is 22.3 Å². The fourth-order valence-electron chi connectivity index (χ4n) is 7.73. The van der Waals surface area contributed by atoms with Gasteiger partial charge in [-0.3, -0.25) is 14.4 Å². The predicted molar refractivity (Wildman–Crippen MR) is 144 cm³/mol. The number of benzene rings is 1. The highest BCUT2D eigenvalue weighted by Crippen LogP contribution is 2.42. The topological polar surface area (TPSA) is 105 Å². The molecule has 8 nitrogen and oxygen atoms in total. The van der Waals surface area contributed by atoms with Gasteiger partial charge in [0.15, 0.2) is 5.78 Å². The van der Waals surface area contributed by atoms with E-state index in [9.17, 15) is 14.4 Å². The zero-order valence-corrected chi connectivity index (χ0v) is 22.6. The number of hydrogen-bond acceptors (Lipinski definition) is 6. The molecule has 3 saturated heterocycles. The molecule has 0 bridgehead atoms. The van der Waals surface area contributed by atoms with Gasteiger partial charge in [0.1, 0.15) is 18.8 Å². The van der Waals surface area contributed by atoms with E-state index in [1.807, 2.05) is 13.1 Å². The highest BCUT2D eigenvalue weighted by molar-refractivity contribution is 5.99. The van der Waals surface area contributed by atoms with Crippen molar-refractivity contribution in [2.24, 2.45) is 11.7 Å². The van der Waals surface area contributed by atoms with Gasteiger partial charge in [-0.15, -0.1) is 0 Å². The highest BCUT2D eigenvalue weighted by Gasteiger charge is 2.53. The van der Waals surface area contributed by atoms with Crippen LogP contribution in [0.15, 0.2) is 18.2 Å². The normalized spacial score (nSPS) is 30.0. The third-order valence-corrected chi connectivity index (χ3v) is 9.97. The first kappa shape index (κ1) is 26.0. The van der Waals surface area contributed by atoms with Gasteiger partial charge < -0.3 is 25.6 Å². The summed E-state index contributed by atoms with van der Waals surface area (Å²) >= 11 is 0. The summed E-state index contributed by atoms with van der Waals surface area (Å²) < 4.78 is 5.81. The van der Waals surface area contributed by atoms with Gasteiger partial charge in [-0.25, -0.2) is 0 Å². The van der Waals surface area contributed by atoms with Crippen molar-refractivity contribution in [3.8, 4) is 0 Å². The van der Waals surface area contributed by atoms with Gasteiger partial charge >= 0.3 is 0 Å². The van der Waals surface area contributed by atoms with Crippen LogP contribution in [0.2, 0.25) is 0 Å². The largest absolute Gasteiger partial charge is 0.366 e. The van der Waals surface area contributed by atoms with Crippen LogP contribution in [0, 0.1) is 5.92 Å². The number of amides is 2. The highest BCUT2D eigenvalue weighted by atomic mass is 16.5. The van der Waals surface area contributed by atoms with Crippen LogP contribution in [-0.2, 0) is 14.3 Å². The van der Waals surface area contributed by atoms with E-state index >= 15 is 0 Å². The second-order valence-corrected chi connectivity index (χ2v) is 12.2. The van der Waals surface area contributed by atoms with Gasteiger partial charge in [-0.2, -0.15) is 0 Å². The number of fused-ring (bicyclic) bond motifs is 1. The molecule has 8 heteroatoms. The summed E-state index contributed by atoms with van der Waals surface area (Å²) in [4.78, 5) is 44.4. The number of hydrogen-bond donors (Lipinski definition) is 2. The van der Waals surface area contributed by atoms with E-state index in [4.69, 9.17) is 10.5 Å². The number of ether oxygens (including phenoxy) is 1. The van der Waals surface area contributed by atoms with Crippen molar-refractivity contribution in [3.05, 3.63) is 34.9 Å². The predicted octanol–water partition coefficient (Wildman–Crippen LogP) is 2.56. The smallest absolute Gasteiger partial charge is 0.249 e. The number of primary amides is 1. The first-order valence-corrected chi connectivity index (χ1v) is 14.8. The SMILES string of the molecule is CN[C@H]1CN(C(=O)[C@H](c2cc(C3CCN(C4CC4)CC3)ccc2C(N)=O)C2CCCCC2)[C@@H]2C(=O)CO[C@H]12. The Morgan fingerprint density at radius 3 is 2.45 bits per heavy atom. The molecular weight excluding hydrogens is 480 g/mol. The van der Waals surface area contributed by atoms with Gasteiger partial charge in [0.05, 0.1) is 12.0 Å². The number of likely N-dealkylation sites (N-methyl/N-ethyl adjacent to an activating group) is 1. The fraction of sp³-hybridized carbons (Fsp3) is 0.700. The first-order chi connectivity index (χ1) is 18.5. The number of piperidine rings is 1. The van der Waals surface area contributed by atoms with Crippen LogP contribution in [0.5, 0.6) is 0 Å². The molecule has 4 atom stereocenters. The molecule has 1 aromatic rings. The van der Waals surface area contributed by atoms with Crippen molar-refractivity contribution in [3.63, 3.8) is 0 Å². The summed E-state index contributed by atoms with van der Waals surface area (Å²) in [6.07, 6.45) is 9.74. The molecular formula is C30H42N4O4. The maximum absolute atomic E-state index is 14.5. The first-order valence-electron chi connectivity index (χ1n) is 14.8. The molecule has 2 saturated carbocycles. The van der Waals surface area contributed by atoms with E-state index in [0.717, 1.165) is 63.2 Å². The molecule has 3 heterocycles. The number of carbonyl (C=O) groups excluding carboxylic acids is 3. The summed E-state index contributed by atoms with van der Waals surface area (Å²) in [6.45, 7) is 2.70. The van der Waals surface area contributed by atoms with Crippen molar-refractivity contribution in [1.29, 1.82) is 0 Å². The maximum atomic E-state index is 14.5. The van der Waals surface area contributed by atoms with Crippen molar-refractivity contribution in [2.45, 2.75) is 93.9 Å².